The molecule has 0 saturated heterocycles. The van der Waals surface area contributed by atoms with E-state index in [2.05, 4.69) is 20.9 Å². The van der Waals surface area contributed by atoms with Crippen molar-refractivity contribution in [3.8, 4) is 0 Å². The molecule has 24 heavy (non-hydrogen) atoms. The topological polar surface area (TPSA) is 49.7 Å². The van der Waals surface area contributed by atoms with Gasteiger partial charge in [-0.05, 0) is 85.0 Å². The van der Waals surface area contributed by atoms with Crippen molar-refractivity contribution in [3.05, 3.63) is 34.9 Å². The molecule has 0 bridgehead atoms. The molecule has 132 valence electrons. The van der Waals surface area contributed by atoms with E-state index in [1.165, 1.54) is 6.07 Å². The summed E-state index contributed by atoms with van der Waals surface area (Å²) in [6.07, 6.45) is -4.89. The van der Waals surface area contributed by atoms with E-state index < -0.39 is 30.2 Å². The van der Waals surface area contributed by atoms with Crippen LogP contribution in [0.5, 0.6) is 0 Å². The largest absolute Gasteiger partial charge is 0.428 e. The zero-order chi connectivity index (χ0) is 18.7. The molecule has 1 atom stereocenters. The zero-order valence-electron chi connectivity index (χ0n) is 12.6. The zero-order valence-corrected chi connectivity index (χ0v) is 18.5. The molecule has 1 unspecified atom stereocenters. The van der Waals surface area contributed by atoms with Crippen LogP contribution >= 0.6 is 61.1 Å². The number of hydrogen-bond acceptors (Lipinski definition) is 3. The van der Waals surface area contributed by atoms with Gasteiger partial charge in [-0.15, -0.1) is 0 Å². The summed E-state index contributed by atoms with van der Waals surface area (Å²) in [5.74, 6) is 0.457. The summed E-state index contributed by atoms with van der Waals surface area (Å²) in [5.41, 5.74) is -1.56. The predicted octanol–water partition coefficient (Wildman–Crippen LogP) is 5.02. The number of carbonyl (C=O) groups is 1. The molecular formula is C15H13BrF3I2NO2. The van der Waals surface area contributed by atoms with Gasteiger partial charge in [0.1, 0.15) is 0 Å². The lowest BCUT2D eigenvalue weighted by atomic mass is 10.0. The van der Waals surface area contributed by atoms with Crippen LogP contribution in [0, 0.1) is 13.1 Å². The molecule has 9 heteroatoms. The summed E-state index contributed by atoms with van der Waals surface area (Å²) < 4.78 is 41.5. The summed E-state index contributed by atoms with van der Waals surface area (Å²) in [6, 6.07) is 2.21. The van der Waals surface area contributed by atoms with Crippen molar-refractivity contribution in [3.63, 3.8) is 0 Å². The van der Waals surface area contributed by atoms with E-state index in [1.54, 1.807) is 19.9 Å². The normalized spacial score (nSPS) is 12.8. The van der Waals surface area contributed by atoms with Crippen LogP contribution in [-0.2, 0) is 0 Å². The molecule has 1 N–H and O–H groups in total. The second-order valence-corrected chi connectivity index (χ2v) is 8.36. The summed E-state index contributed by atoms with van der Waals surface area (Å²) >= 11 is 7.03. The average Bonchev–Trinajstić information content (AvgIpc) is 2.45. The average molecular weight is 630 g/mol. The van der Waals surface area contributed by atoms with Crippen LogP contribution in [0.3, 0.4) is 0 Å². The van der Waals surface area contributed by atoms with Gasteiger partial charge >= 0.3 is 6.18 Å². The van der Waals surface area contributed by atoms with E-state index in [9.17, 15) is 18.0 Å². The lowest BCUT2D eigenvalue weighted by Crippen LogP contribution is -2.23. The van der Waals surface area contributed by atoms with Gasteiger partial charge in [0.05, 0.1) is 12.6 Å². The SMILES string of the molecule is CC(C)C(CO)N=C=C(C(=O)c1cc(Br)c(I)cc1I)C(F)(F)F. The van der Waals surface area contributed by atoms with Gasteiger partial charge < -0.3 is 5.11 Å². The number of aliphatic hydroxyl groups excluding tert-OH is 1. The minimum atomic E-state index is -4.89. The van der Waals surface area contributed by atoms with E-state index in [4.69, 9.17) is 5.11 Å². The molecule has 1 aromatic rings. The first-order chi connectivity index (χ1) is 11.0. The van der Waals surface area contributed by atoms with Crippen LogP contribution in [0.1, 0.15) is 24.2 Å². The number of hydrogen-bond donors (Lipinski definition) is 1. The third kappa shape index (κ3) is 5.79. The lowest BCUT2D eigenvalue weighted by molar-refractivity contribution is -0.0872. The summed E-state index contributed by atoms with van der Waals surface area (Å²) in [6.45, 7) is 3.00. The van der Waals surface area contributed by atoms with Crippen LogP contribution in [-0.4, -0.2) is 35.6 Å². The lowest BCUT2D eigenvalue weighted by Gasteiger charge is -2.13. The number of benzene rings is 1. The van der Waals surface area contributed by atoms with Crippen LogP contribution in [0.2, 0.25) is 0 Å². The Morgan fingerprint density at radius 2 is 1.92 bits per heavy atom. The molecule has 1 aromatic carbocycles. The van der Waals surface area contributed by atoms with Gasteiger partial charge in [0.15, 0.2) is 5.57 Å². The quantitative estimate of drug-likeness (QED) is 0.164. The Bertz CT molecular complexity index is 699. The number of halogens is 6. The van der Waals surface area contributed by atoms with E-state index in [0.29, 0.717) is 8.04 Å². The first kappa shape index (κ1) is 22.1. The minimum absolute atomic E-state index is 0.0805. The summed E-state index contributed by atoms with van der Waals surface area (Å²) in [5, 5.41) is 9.16. The van der Waals surface area contributed by atoms with Crippen LogP contribution in [0.15, 0.2) is 27.2 Å². The molecule has 0 aliphatic heterocycles. The second kappa shape index (κ2) is 9.11. The maximum atomic E-state index is 13.3. The van der Waals surface area contributed by atoms with Gasteiger partial charge in [0, 0.05) is 17.2 Å². The van der Waals surface area contributed by atoms with Gasteiger partial charge in [-0.2, -0.15) is 13.2 Å². The monoisotopic (exact) mass is 629 g/mol. The van der Waals surface area contributed by atoms with E-state index in [1.807, 2.05) is 51.1 Å². The third-order valence-corrected chi connectivity index (χ3v) is 6.25. The highest BCUT2D eigenvalue weighted by Crippen LogP contribution is 2.31. The number of nitrogens with zero attached hydrogens (tertiary/aromatic N) is 1. The molecule has 0 aliphatic rings. The maximum absolute atomic E-state index is 13.3. The fourth-order valence-electron chi connectivity index (χ4n) is 1.62. The number of aliphatic imine (C=N–C) groups is 1. The minimum Gasteiger partial charge on any atom is -0.394 e. The number of alkyl halides is 3. The number of aliphatic hydroxyl groups is 1. The fourth-order valence-corrected chi connectivity index (χ4v) is 3.74. The van der Waals surface area contributed by atoms with Crippen molar-refractivity contribution in [2.45, 2.75) is 26.1 Å². The maximum Gasteiger partial charge on any atom is 0.428 e. The number of Topliss-reactive ketones (excluding diaryl/α,β-unsaturated/α-hetero) is 1. The Hall–Kier alpha value is 0.0300. The highest BCUT2D eigenvalue weighted by atomic mass is 127. The highest BCUT2D eigenvalue weighted by molar-refractivity contribution is 14.1. The van der Waals surface area contributed by atoms with Gasteiger partial charge in [-0.1, -0.05) is 13.8 Å². The van der Waals surface area contributed by atoms with Crippen molar-refractivity contribution < 1.29 is 23.1 Å². The number of rotatable bonds is 5. The first-order valence-corrected chi connectivity index (χ1v) is 9.64. The predicted molar refractivity (Wildman–Crippen MR) is 107 cm³/mol. The van der Waals surface area contributed by atoms with Crippen molar-refractivity contribution in [1.82, 2.24) is 0 Å². The first-order valence-electron chi connectivity index (χ1n) is 6.69. The smallest absolute Gasteiger partial charge is 0.394 e. The Labute approximate surface area is 173 Å². The van der Waals surface area contributed by atoms with Crippen molar-refractivity contribution in [2.75, 3.05) is 6.61 Å². The number of carbonyl (C=O) groups excluding carboxylic acids is 1. The molecule has 0 spiro atoms. The van der Waals surface area contributed by atoms with Crippen LogP contribution < -0.4 is 0 Å². The fraction of sp³-hybridized carbons (Fsp3) is 0.400. The molecule has 1 rings (SSSR count). The molecule has 0 fully saturated rings. The van der Waals surface area contributed by atoms with Gasteiger partial charge in [0.2, 0.25) is 5.78 Å². The highest BCUT2D eigenvalue weighted by Gasteiger charge is 2.40. The van der Waals surface area contributed by atoms with E-state index in [0.717, 1.165) is 3.57 Å². The Morgan fingerprint density at radius 3 is 2.38 bits per heavy atom. The molecule has 0 heterocycles. The molecule has 0 radical (unpaired) electrons. The van der Waals surface area contributed by atoms with Gasteiger partial charge in [-0.25, -0.2) is 4.99 Å². The Kier molecular flexibility index (Phi) is 8.38. The van der Waals surface area contributed by atoms with Crippen LogP contribution in [0.25, 0.3) is 0 Å². The molecule has 0 saturated carbocycles. The van der Waals surface area contributed by atoms with Gasteiger partial charge in [0.25, 0.3) is 0 Å². The van der Waals surface area contributed by atoms with Crippen molar-refractivity contribution in [2.24, 2.45) is 10.9 Å². The molecular weight excluding hydrogens is 617 g/mol. The standard InChI is InChI=1S/C15H13BrF3I2NO2/c1-7(2)13(6-23)22-5-9(15(17,18)19)14(24)8-3-10(16)12(21)4-11(8)20/h3-4,7,13,23H,6H2,1-2H3. The third-order valence-electron chi connectivity index (χ3n) is 3.06. The molecule has 0 amide bonds. The van der Waals surface area contributed by atoms with Crippen LogP contribution in [0.4, 0.5) is 13.2 Å². The molecule has 0 aliphatic carbocycles. The van der Waals surface area contributed by atoms with E-state index in [-0.39, 0.29) is 11.5 Å². The molecule has 3 nitrogen and oxygen atoms in total. The summed E-state index contributed by atoms with van der Waals surface area (Å²) in [7, 11) is 0. The second-order valence-electron chi connectivity index (χ2n) is 5.18. The summed E-state index contributed by atoms with van der Waals surface area (Å²) in [4.78, 5) is 16.0. The molecule has 0 aromatic heterocycles. The number of ketones is 1. The van der Waals surface area contributed by atoms with Gasteiger partial charge in [-0.3, -0.25) is 4.79 Å². The van der Waals surface area contributed by atoms with E-state index >= 15 is 0 Å². The Balaban J connectivity index is 3.46. The van der Waals surface area contributed by atoms with Crippen molar-refractivity contribution >= 4 is 72.8 Å². The Morgan fingerprint density at radius 1 is 1.33 bits per heavy atom. The number of allylic oxidation sites excluding steroid dienone is 1. The van der Waals surface area contributed by atoms with Crippen molar-refractivity contribution in [1.29, 1.82) is 0 Å².